The van der Waals surface area contributed by atoms with E-state index in [-0.39, 0.29) is 37.2 Å². The Kier molecular flexibility index (Phi) is 6.58. The Hall–Kier alpha value is -2.11. The number of rotatable bonds is 6. The van der Waals surface area contributed by atoms with Crippen LogP contribution in [0, 0.1) is 5.82 Å². The highest BCUT2D eigenvalue weighted by Gasteiger charge is 2.10. The molecule has 2 aromatic rings. The van der Waals surface area contributed by atoms with Crippen LogP contribution in [0.3, 0.4) is 0 Å². The Morgan fingerprint density at radius 3 is 2.67 bits per heavy atom. The second kappa shape index (κ2) is 8.66. The zero-order valence-corrected chi connectivity index (χ0v) is 14.0. The van der Waals surface area contributed by atoms with Crippen LogP contribution < -0.4 is 15.4 Å². The maximum Gasteiger partial charge on any atom is 0.223 e. The summed E-state index contributed by atoms with van der Waals surface area (Å²) in [6, 6.07) is 12.0. The molecule has 1 heterocycles. The third-order valence-electron chi connectivity index (χ3n) is 3.80. The van der Waals surface area contributed by atoms with E-state index in [0.717, 1.165) is 18.7 Å². The summed E-state index contributed by atoms with van der Waals surface area (Å²) < 4.78 is 18.2. The molecule has 1 aliphatic rings. The summed E-state index contributed by atoms with van der Waals surface area (Å²) in [5, 5.41) is 6.19. The van der Waals surface area contributed by atoms with Crippen molar-refractivity contribution in [3.05, 3.63) is 65.0 Å². The van der Waals surface area contributed by atoms with E-state index >= 15 is 0 Å². The number of carbonyl (C=O) groups excluding carboxylic acids is 1. The predicted octanol–water partition coefficient (Wildman–Crippen LogP) is 2.94. The van der Waals surface area contributed by atoms with Gasteiger partial charge in [-0.25, -0.2) is 4.39 Å². The van der Waals surface area contributed by atoms with Crippen molar-refractivity contribution in [3.8, 4) is 5.75 Å². The molecule has 24 heavy (non-hydrogen) atoms. The van der Waals surface area contributed by atoms with Crippen LogP contribution in [0.15, 0.2) is 42.5 Å². The van der Waals surface area contributed by atoms with Crippen LogP contribution in [0.5, 0.6) is 5.75 Å². The molecule has 1 amide bonds. The zero-order chi connectivity index (χ0) is 16.1. The van der Waals surface area contributed by atoms with Crippen molar-refractivity contribution in [2.45, 2.75) is 26.1 Å². The second-order valence-electron chi connectivity index (χ2n) is 5.54. The van der Waals surface area contributed by atoms with Crippen LogP contribution in [0.2, 0.25) is 0 Å². The molecule has 0 spiro atoms. The molecule has 6 heteroatoms. The van der Waals surface area contributed by atoms with Gasteiger partial charge in [0.15, 0.2) is 0 Å². The molecular formula is C18H20ClFN2O2. The molecule has 128 valence electrons. The van der Waals surface area contributed by atoms with Gasteiger partial charge in [-0.05, 0) is 41.0 Å². The largest absolute Gasteiger partial charge is 0.493 e. The Balaban J connectivity index is 0.00000208. The lowest BCUT2D eigenvalue weighted by atomic mass is 10.1. The molecule has 3 rings (SSSR count). The molecule has 0 aliphatic carbocycles. The van der Waals surface area contributed by atoms with Crippen LogP contribution in [-0.2, 0) is 24.4 Å². The summed E-state index contributed by atoms with van der Waals surface area (Å²) in [6.07, 6.45) is 0.268. The highest BCUT2D eigenvalue weighted by atomic mass is 35.5. The number of fused-ring (bicyclic) bond motifs is 1. The van der Waals surface area contributed by atoms with Gasteiger partial charge in [0.05, 0.1) is 13.0 Å². The molecular weight excluding hydrogens is 331 g/mol. The summed E-state index contributed by atoms with van der Waals surface area (Å²) in [4.78, 5) is 11.8. The van der Waals surface area contributed by atoms with E-state index in [1.165, 1.54) is 23.3 Å². The van der Waals surface area contributed by atoms with Gasteiger partial charge in [-0.15, -0.1) is 12.4 Å². The predicted molar refractivity (Wildman–Crippen MR) is 92.6 cm³/mol. The van der Waals surface area contributed by atoms with Crippen molar-refractivity contribution in [3.63, 3.8) is 0 Å². The monoisotopic (exact) mass is 350 g/mol. The minimum absolute atomic E-state index is 0. The van der Waals surface area contributed by atoms with Crippen LogP contribution in [0.4, 0.5) is 4.39 Å². The maximum atomic E-state index is 12.8. The highest BCUT2D eigenvalue weighted by molar-refractivity contribution is 5.85. The fraction of sp³-hybridized carbons (Fsp3) is 0.278. The highest BCUT2D eigenvalue weighted by Crippen LogP contribution is 2.17. The lowest BCUT2D eigenvalue weighted by Crippen LogP contribution is -2.24. The molecule has 0 aromatic heterocycles. The van der Waals surface area contributed by atoms with Crippen molar-refractivity contribution in [2.24, 2.45) is 0 Å². The number of hydrogen-bond acceptors (Lipinski definition) is 3. The molecule has 0 saturated heterocycles. The van der Waals surface area contributed by atoms with E-state index in [0.29, 0.717) is 12.3 Å². The van der Waals surface area contributed by atoms with E-state index in [1.807, 2.05) is 6.07 Å². The lowest BCUT2D eigenvalue weighted by Gasteiger charge is -2.08. The van der Waals surface area contributed by atoms with Crippen molar-refractivity contribution >= 4 is 18.3 Å². The molecule has 0 fully saturated rings. The van der Waals surface area contributed by atoms with Crippen LogP contribution in [0.25, 0.3) is 0 Å². The van der Waals surface area contributed by atoms with E-state index < -0.39 is 0 Å². The molecule has 2 aromatic carbocycles. The van der Waals surface area contributed by atoms with Crippen molar-refractivity contribution in [2.75, 3.05) is 6.61 Å². The van der Waals surface area contributed by atoms with Gasteiger partial charge in [0, 0.05) is 19.6 Å². The SMILES string of the molecule is Cl.O=C(CCOc1ccc(F)cc1)NCc1ccc2c(c1)CNC2. The van der Waals surface area contributed by atoms with Gasteiger partial charge in [0.2, 0.25) is 5.91 Å². The van der Waals surface area contributed by atoms with Gasteiger partial charge >= 0.3 is 0 Å². The van der Waals surface area contributed by atoms with Gasteiger partial charge in [0.1, 0.15) is 11.6 Å². The Morgan fingerprint density at radius 2 is 1.88 bits per heavy atom. The van der Waals surface area contributed by atoms with Crippen LogP contribution >= 0.6 is 12.4 Å². The standard InChI is InChI=1S/C18H19FN2O2.ClH/c19-16-3-5-17(6-4-16)23-8-7-18(22)21-10-13-1-2-14-11-20-12-15(14)9-13;/h1-6,9,20H,7-8,10-12H2,(H,21,22);1H. The van der Waals surface area contributed by atoms with Gasteiger partial charge in [-0.3, -0.25) is 4.79 Å². The lowest BCUT2D eigenvalue weighted by molar-refractivity contribution is -0.121. The summed E-state index contributed by atoms with van der Waals surface area (Å²) in [7, 11) is 0. The normalized spacial score (nSPS) is 12.2. The quantitative estimate of drug-likeness (QED) is 0.842. The summed E-state index contributed by atoms with van der Waals surface area (Å²) in [5.74, 6) is 0.190. The van der Waals surface area contributed by atoms with Gasteiger partial charge < -0.3 is 15.4 Å². The third kappa shape index (κ3) is 4.94. The average Bonchev–Trinajstić information content (AvgIpc) is 3.02. The van der Waals surface area contributed by atoms with Gasteiger partial charge in [-0.1, -0.05) is 18.2 Å². The Labute approximate surface area is 146 Å². The maximum absolute atomic E-state index is 12.8. The summed E-state index contributed by atoms with van der Waals surface area (Å²) in [5.41, 5.74) is 3.73. The second-order valence-corrected chi connectivity index (χ2v) is 5.54. The van der Waals surface area contributed by atoms with Crippen LogP contribution in [-0.4, -0.2) is 12.5 Å². The van der Waals surface area contributed by atoms with Crippen LogP contribution in [0.1, 0.15) is 23.1 Å². The molecule has 4 nitrogen and oxygen atoms in total. The number of amides is 1. The summed E-state index contributed by atoms with van der Waals surface area (Å²) in [6.45, 7) is 2.60. The van der Waals surface area contributed by atoms with Crippen molar-refractivity contribution in [1.82, 2.24) is 10.6 Å². The number of hydrogen-bond donors (Lipinski definition) is 2. The van der Waals surface area contributed by atoms with E-state index in [1.54, 1.807) is 12.1 Å². The van der Waals surface area contributed by atoms with Gasteiger partial charge in [-0.2, -0.15) is 0 Å². The average molecular weight is 351 g/mol. The number of nitrogens with one attached hydrogen (secondary N) is 2. The first-order chi connectivity index (χ1) is 11.2. The third-order valence-corrected chi connectivity index (χ3v) is 3.80. The fourth-order valence-corrected chi connectivity index (χ4v) is 2.54. The minimum atomic E-state index is -0.306. The summed E-state index contributed by atoms with van der Waals surface area (Å²) >= 11 is 0. The number of carbonyl (C=O) groups is 1. The number of benzene rings is 2. The minimum Gasteiger partial charge on any atom is -0.493 e. The fourth-order valence-electron chi connectivity index (χ4n) is 2.54. The Morgan fingerprint density at radius 1 is 1.12 bits per heavy atom. The van der Waals surface area contributed by atoms with Gasteiger partial charge in [0.25, 0.3) is 0 Å². The Bertz CT molecular complexity index is 692. The molecule has 2 N–H and O–H groups in total. The first kappa shape index (κ1) is 18.2. The van der Waals surface area contributed by atoms with Crippen molar-refractivity contribution in [1.29, 1.82) is 0 Å². The first-order valence-corrected chi connectivity index (χ1v) is 7.67. The number of ether oxygens (including phenoxy) is 1. The molecule has 0 radical (unpaired) electrons. The van der Waals surface area contributed by atoms with E-state index in [2.05, 4.69) is 22.8 Å². The van der Waals surface area contributed by atoms with Crippen molar-refractivity contribution < 1.29 is 13.9 Å². The molecule has 0 unspecified atom stereocenters. The molecule has 0 atom stereocenters. The molecule has 1 aliphatic heterocycles. The zero-order valence-electron chi connectivity index (χ0n) is 13.2. The first-order valence-electron chi connectivity index (χ1n) is 7.67. The molecule has 0 bridgehead atoms. The van der Waals surface area contributed by atoms with E-state index in [4.69, 9.17) is 4.74 Å². The smallest absolute Gasteiger partial charge is 0.223 e. The molecule has 0 saturated carbocycles. The number of halogens is 2. The van der Waals surface area contributed by atoms with E-state index in [9.17, 15) is 9.18 Å². The topological polar surface area (TPSA) is 50.4 Å².